The lowest BCUT2D eigenvalue weighted by molar-refractivity contribution is 0.179. The van der Waals surface area contributed by atoms with Crippen molar-refractivity contribution in [1.29, 1.82) is 0 Å². The zero-order chi connectivity index (χ0) is 14.7. The molecule has 1 aliphatic rings. The number of hydrogen-bond donors (Lipinski definition) is 1. The molecule has 21 heavy (non-hydrogen) atoms. The molecular weight excluding hydrogens is 262 g/mol. The summed E-state index contributed by atoms with van der Waals surface area (Å²) in [6, 6.07) is 8.95. The molecular formula is C16H23N5. The van der Waals surface area contributed by atoms with Gasteiger partial charge in [-0.1, -0.05) is 19.1 Å². The predicted octanol–water partition coefficient (Wildman–Crippen LogP) is 2.41. The highest BCUT2D eigenvalue weighted by molar-refractivity contribution is 5.49. The number of nitrogens with one attached hydrogen (secondary N) is 1. The van der Waals surface area contributed by atoms with Crippen LogP contribution in [-0.2, 0) is 0 Å². The maximum absolute atomic E-state index is 4.00. The van der Waals surface area contributed by atoms with Crippen LogP contribution in [0.5, 0.6) is 0 Å². The summed E-state index contributed by atoms with van der Waals surface area (Å²) in [5.41, 5.74) is 2.22. The first kappa shape index (κ1) is 14.1. The van der Waals surface area contributed by atoms with Crippen molar-refractivity contribution in [2.75, 3.05) is 25.0 Å². The summed E-state index contributed by atoms with van der Waals surface area (Å²) < 4.78 is 1.77. The van der Waals surface area contributed by atoms with Crippen LogP contribution in [0.1, 0.15) is 20.3 Å². The molecule has 0 bridgehead atoms. The van der Waals surface area contributed by atoms with Crippen molar-refractivity contribution in [3.63, 3.8) is 0 Å². The van der Waals surface area contributed by atoms with E-state index in [0.29, 0.717) is 12.0 Å². The van der Waals surface area contributed by atoms with Gasteiger partial charge in [0.2, 0.25) is 0 Å². The number of benzene rings is 1. The third-order valence-corrected chi connectivity index (χ3v) is 4.34. The number of anilines is 1. The van der Waals surface area contributed by atoms with E-state index in [9.17, 15) is 0 Å². The van der Waals surface area contributed by atoms with Gasteiger partial charge in [-0.05, 0) is 43.1 Å². The molecule has 0 spiro atoms. The lowest BCUT2D eigenvalue weighted by Crippen LogP contribution is -2.44. The third-order valence-electron chi connectivity index (χ3n) is 4.34. The molecule has 1 N–H and O–H groups in total. The topological polar surface area (TPSA) is 46.0 Å². The monoisotopic (exact) mass is 285 g/mol. The van der Waals surface area contributed by atoms with Crippen molar-refractivity contribution in [3.05, 3.63) is 36.7 Å². The molecule has 0 saturated carbocycles. The fraction of sp³-hybridized carbons (Fsp3) is 0.500. The van der Waals surface area contributed by atoms with E-state index < -0.39 is 0 Å². The van der Waals surface area contributed by atoms with Gasteiger partial charge in [0.15, 0.2) is 0 Å². The largest absolute Gasteiger partial charge is 0.382 e. The maximum atomic E-state index is 4.00. The lowest BCUT2D eigenvalue weighted by atomic mass is 9.93. The van der Waals surface area contributed by atoms with Crippen LogP contribution in [-0.4, -0.2) is 45.6 Å². The summed E-state index contributed by atoms with van der Waals surface area (Å²) in [7, 11) is 0. The Labute approximate surface area is 126 Å². The Kier molecular flexibility index (Phi) is 4.20. The van der Waals surface area contributed by atoms with E-state index >= 15 is 0 Å². The van der Waals surface area contributed by atoms with Gasteiger partial charge in [-0.2, -0.15) is 0 Å². The van der Waals surface area contributed by atoms with Gasteiger partial charge >= 0.3 is 0 Å². The molecule has 1 saturated heterocycles. The molecule has 3 rings (SSSR count). The minimum atomic E-state index is 0.560. The molecule has 2 aromatic rings. The Morgan fingerprint density at radius 3 is 2.71 bits per heavy atom. The van der Waals surface area contributed by atoms with Crippen molar-refractivity contribution in [1.82, 2.24) is 19.9 Å². The second-order valence-corrected chi connectivity index (χ2v) is 5.80. The van der Waals surface area contributed by atoms with Crippen LogP contribution < -0.4 is 5.32 Å². The van der Waals surface area contributed by atoms with Gasteiger partial charge in [-0.25, -0.2) is 4.68 Å². The quantitative estimate of drug-likeness (QED) is 0.937. The average Bonchev–Trinajstić information content (AvgIpc) is 3.04. The third kappa shape index (κ3) is 3.24. The Morgan fingerprint density at radius 2 is 2.10 bits per heavy atom. The summed E-state index contributed by atoms with van der Waals surface area (Å²) in [6.45, 7) is 8.11. The Hall–Kier alpha value is -1.88. The minimum absolute atomic E-state index is 0.560. The van der Waals surface area contributed by atoms with E-state index in [0.717, 1.165) is 12.2 Å². The fourth-order valence-electron chi connectivity index (χ4n) is 3.00. The maximum Gasteiger partial charge on any atom is 0.0697 e. The molecule has 1 aromatic heterocycles. The SMILES string of the molecule is CCN1CCC(Nc2ccc(-n3ccnn3)cc2)C(C)C1. The van der Waals surface area contributed by atoms with Crippen molar-refractivity contribution < 1.29 is 0 Å². The van der Waals surface area contributed by atoms with Crippen LogP contribution in [0.15, 0.2) is 36.7 Å². The summed E-state index contributed by atoms with van der Waals surface area (Å²) in [5.74, 6) is 0.675. The number of hydrogen-bond acceptors (Lipinski definition) is 4. The molecule has 1 aliphatic heterocycles. The summed E-state index contributed by atoms with van der Waals surface area (Å²) >= 11 is 0. The first-order valence-corrected chi connectivity index (χ1v) is 7.72. The normalized spacial score (nSPS) is 23.1. The highest BCUT2D eigenvalue weighted by atomic mass is 15.4. The lowest BCUT2D eigenvalue weighted by Gasteiger charge is -2.37. The van der Waals surface area contributed by atoms with Crippen LogP contribution in [0, 0.1) is 5.92 Å². The second-order valence-electron chi connectivity index (χ2n) is 5.80. The molecule has 1 fully saturated rings. The fourth-order valence-corrected chi connectivity index (χ4v) is 3.00. The van der Waals surface area contributed by atoms with E-state index in [2.05, 4.69) is 58.6 Å². The van der Waals surface area contributed by atoms with Gasteiger partial charge in [0.25, 0.3) is 0 Å². The van der Waals surface area contributed by atoms with Crippen molar-refractivity contribution in [2.45, 2.75) is 26.3 Å². The van der Waals surface area contributed by atoms with Crippen molar-refractivity contribution in [2.24, 2.45) is 5.92 Å². The minimum Gasteiger partial charge on any atom is -0.382 e. The van der Waals surface area contributed by atoms with E-state index in [-0.39, 0.29) is 0 Å². The summed E-state index contributed by atoms with van der Waals surface area (Å²) in [5, 5.41) is 11.5. The van der Waals surface area contributed by atoms with Gasteiger partial charge in [0.05, 0.1) is 18.1 Å². The molecule has 1 aromatic carbocycles. The smallest absolute Gasteiger partial charge is 0.0697 e. The Balaban J connectivity index is 1.63. The number of likely N-dealkylation sites (tertiary alicyclic amines) is 1. The van der Waals surface area contributed by atoms with E-state index in [1.54, 1.807) is 10.9 Å². The van der Waals surface area contributed by atoms with Crippen LogP contribution in [0.2, 0.25) is 0 Å². The molecule has 5 nitrogen and oxygen atoms in total. The molecule has 2 unspecified atom stereocenters. The molecule has 0 aliphatic carbocycles. The summed E-state index contributed by atoms with van der Waals surface area (Å²) in [6.07, 6.45) is 4.75. The van der Waals surface area contributed by atoms with Crippen molar-refractivity contribution >= 4 is 5.69 Å². The Bertz CT molecular complexity index is 549. The van der Waals surface area contributed by atoms with Crippen LogP contribution >= 0.6 is 0 Å². The number of aromatic nitrogens is 3. The molecule has 0 radical (unpaired) electrons. The van der Waals surface area contributed by atoms with E-state index in [1.165, 1.54) is 25.2 Å². The van der Waals surface area contributed by atoms with Gasteiger partial charge in [-0.15, -0.1) is 5.10 Å². The van der Waals surface area contributed by atoms with Gasteiger partial charge in [0, 0.05) is 24.8 Å². The van der Waals surface area contributed by atoms with E-state index in [4.69, 9.17) is 0 Å². The van der Waals surface area contributed by atoms with Crippen LogP contribution in [0.25, 0.3) is 5.69 Å². The zero-order valence-electron chi connectivity index (χ0n) is 12.7. The second kappa shape index (κ2) is 6.26. The van der Waals surface area contributed by atoms with Crippen LogP contribution in [0.3, 0.4) is 0 Å². The standard InChI is InChI=1S/C16H23N5/c1-3-20-10-8-16(13(2)12-20)18-14-4-6-15(7-5-14)21-11-9-17-19-21/h4-7,9,11,13,16,18H,3,8,10,12H2,1-2H3. The van der Waals surface area contributed by atoms with E-state index in [1.807, 2.05) is 6.20 Å². The number of nitrogens with zero attached hydrogens (tertiary/aromatic N) is 4. The number of piperidine rings is 1. The molecule has 0 amide bonds. The van der Waals surface area contributed by atoms with Gasteiger partial charge in [-0.3, -0.25) is 0 Å². The van der Waals surface area contributed by atoms with Crippen LogP contribution in [0.4, 0.5) is 5.69 Å². The summed E-state index contributed by atoms with van der Waals surface area (Å²) in [4.78, 5) is 2.52. The first-order chi connectivity index (χ1) is 10.3. The number of rotatable bonds is 4. The first-order valence-electron chi connectivity index (χ1n) is 7.72. The molecule has 2 atom stereocenters. The Morgan fingerprint density at radius 1 is 1.29 bits per heavy atom. The van der Waals surface area contributed by atoms with Crippen molar-refractivity contribution in [3.8, 4) is 5.69 Å². The molecule has 112 valence electrons. The average molecular weight is 285 g/mol. The molecule has 5 heteroatoms. The van der Waals surface area contributed by atoms with Gasteiger partial charge < -0.3 is 10.2 Å². The highest BCUT2D eigenvalue weighted by Crippen LogP contribution is 2.21. The van der Waals surface area contributed by atoms with Gasteiger partial charge in [0.1, 0.15) is 0 Å². The molecule has 2 heterocycles. The zero-order valence-corrected chi connectivity index (χ0v) is 12.7. The predicted molar refractivity (Wildman–Crippen MR) is 84.7 cm³/mol. The highest BCUT2D eigenvalue weighted by Gasteiger charge is 2.24.